The first-order valence-corrected chi connectivity index (χ1v) is 8.56. The van der Waals surface area contributed by atoms with E-state index in [1.165, 1.54) is 0 Å². The van der Waals surface area contributed by atoms with Gasteiger partial charge in [-0.25, -0.2) is 4.79 Å². The molecule has 0 spiro atoms. The van der Waals surface area contributed by atoms with Crippen molar-refractivity contribution in [1.82, 2.24) is 5.32 Å². The van der Waals surface area contributed by atoms with Crippen LogP contribution in [0.5, 0.6) is 11.5 Å². The van der Waals surface area contributed by atoms with Gasteiger partial charge in [0.15, 0.2) is 0 Å². The van der Waals surface area contributed by atoms with Crippen molar-refractivity contribution in [1.29, 1.82) is 0 Å². The Morgan fingerprint density at radius 1 is 1.12 bits per heavy atom. The van der Waals surface area contributed by atoms with Crippen LogP contribution in [0.1, 0.15) is 38.3 Å². The molecule has 0 aliphatic carbocycles. The molecule has 0 radical (unpaired) electrons. The van der Waals surface area contributed by atoms with E-state index in [0.717, 1.165) is 18.4 Å². The van der Waals surface area contributed by atoms with Crippen molar-refractivity contribution in [2.45, 2.75) is 32.7 Å². The number of carbonyl (C=O) groups is 1. The topological polar surface area (TPSA) is 59.6 Å². The zero-order chi connectivity index (χ0) is 18.1. The van der Waals surface area contributed by atoms with Gasteiger partial charge in [0.2, 0.25) is 0 Å². The lowest BCUT2D eigenvalue weighted by molar-refractivity contribution is 0.249. The minimum absolute atomic E-state index is 0.0907. The summed E-state index contributed by atoms with van der Waals surface area (Å²) in [6, 6.07) is 14.8. The molecule has 0 saturated carbocycles. The highest BCUT2D eigenvalue weighted by Gasteiger charge is 2.10. The fourth-order valence-corrected chi connectivity index (χ4v) is 2.37. The third-order valence-corrected chi connectivity index (χ3v) is 3.79. The molecule has 2 aromatic rings. The summed E-state index contributed by atoms with van der Waals surface area (Å²) in [6.07, 6.45) is 2.05. The van der Waals surface area contributed by atoms with Crippen LogP contribution in [0, 0.1) is 0 Å². The molecule has 2 rings (SSSR count). The van der Waals surface area contributed by atoms with Crippen molar-refractivity contribution in [3.8, 4) is 11.5 Å². The summed E-state index contributed by atoms with van der Waals surface area (Å²) >= 11 is 0. The fraction of sp³-hybridized carbons (Fsp3) is 0.350. The second kappa shape index (κ2) is 9.57. The summed E-state index contributed by atoms with van der Waals surface area (Å²) in [5.41, 5.74) is 1.68. The Morgan fingerprint density at radius 3 is 2.52 bits per heavy atom. The van der Waals surface area contributed by atoms with Crippen LogP contribution in [0.25, 0.3) is 0 Å². The van der Waals surface area contributed by atoms with Crippen LogP contribution in [0.3, 0.4) is 0 Å². The molecule has 5 nitrogen and oxygen atoms in total. The zero-order valence-electron chi connectivity index (χ0n) is 15.0. The van der Waals surface area contributed by atoms with E-state index in [2.05, 4.69) is 17.6 Å². The highest BCUT2D eigenvalue weighted by molar-refractivity contribution is 5.90. The van der Waals surface area contributed by atoms with Crippen molar-refractivity contribution < 1.29 is 14.3 Å². The number of hydrogen-bond acceptors (Lipinski definition) is 3. The van der Waals surface area contributed by atoms with E-state index < -0.39 is 0 Å². The average molecular weight is 342 g/mol. The van der Waals surface area contributed by atoms with Gasteiger partial charge in [-0.1, -0.05) is 43.7 Å². The molecule has 0 aliphatic rings. The summed E-state index contributed by atoms with van der Waals surface area (Å²) in [5.74, 6) is 1.32. The van der Waals surface area contributed by atoms with Crippen LogP contribution in [-0.2, 0) is 0 Å². The first kappa shape index (κ1) is 18.6. The van der Waals surface area contributed by atoms with Gasteiger partial charge in [-0.2, -0.15) is 0 Å². The zero-order valence-corrected chi connectivity index (χ0v) is 15.0. The first-order chi connectivity index (χ1) is 12.1. The summed E-state index contributed by atoms with van der Waals surface area (Å²) < 4.78 is 11.0. The minimum Gasteiger partial charge on any atom is -0.497 e. The van der Waals surface area contributed by atoms with E-state index in [4.69, 9.17) is 9.47 Å². The summed E-state index contributed by atoms with van der Waals surface area (Å²) in [6.45, 7) is 4.69. The Morgan fingerprint density at radius 2 is 1.84 bits per heavy atom. The van der Waals surface area contributed by atoms with Crippen molar-refractivity contribution in [3.63, 3.8) is 0 Å². The van der Waals surface area contributed by atoms with E-state index in [0.29, 0.717) is 23.8 Å². The SMILES string of the molecule is CCCCOc1cc(NC(=O)N[C@@H](C)c2ccccc2)cc(OC)c1. The van der Waals surface area contributed by atoms with E-state index in [1.54, 1.807) is 19.2 Å². The second-order valence-corrected chi connectivity index (χ2v) is 5.83. The minimum atomic E-state index is -0.274. The third-order valence-electron chi connectivity index (χ3n) is 3.79. The van der Waals surface area contributed by atoms with Crippen LogP contribution in [0.2, 0.25) is 0 Å². The Balaban J connectivity index is 2.00. The monoisotopic (exact) mass is 342 g/mol. The fourth-order valence-electron chi connectivity index (χ4n) is 2.37. The molecule has 0 unspecified atom stereocenters. The Labute approximate surface area is 149 Å². The lowest BCUT2D eigenvalue weighted by atomic mass is 10.1. The summed E-state index contributed by atoms with van der Waals surface area (Å²) in [5, 5.41) is 5.76. The molecule has 25 heavy (non-hydrogen) atoms. The molecule has 0 fully saturated rings. The number of carbonyl (C=O) groups excluding carboxylic acids is 1. The smallest absolute Gasteiger partial charge is 0.319 e. The van der Waals surface area contributed by atoms with Crippen LogP contribution in [0.15, 0.2) is 48.5 Å². The molecule has 134 valence electrons. The van der Waals surface area contributed by atoms with E-state index in [9.17, 15) is 4.79 Å². The number of urea groups is 1. The summed E-state index contributed by atoms with van der Waals surface area (Å²) in [4.78, 5) is 12.3. The number of methoxy groups -OCH3 is 1. The van der Waals surface area contributed by atoms with Gasteiger partial charge in [0.05, 0.1) is 19.8 Å². The number of rotatable bonds is 8. The molecule has 0 aromatic heterocycles. The quantitative estimate of drug-likeness (QED) is 0.680. The van der Waals surface area contributed by atoms with Crippen molar-refractivity contribution in [2.75, 3.05) is 19.0 Å². The maximum Gasteiger partial charge on any atom is 0.319 e. The lowest BCUT2D eigenvalue weighted by Gasteiger charge is -2.16. The van der Waals surface area contributed by atoms with Gasteiger partial charge >= 0.3 is 6.03 Å². The largest absolute Gasteiger partial charge is 0.497 e. The van der Waals surface area contributed by atoms with Gasteiger partial charge in [0.25, 0.3) is 0 Å². The number of hydrogen-bond donors (Lipinski definition) is 2. The molecule has 1 atom stereocenters. The highest BCUT2D eigenvalue weighted by atomic mass is 16.5. The first-order valence-electron chi connectivity index (χ1n) is 8.56. The van der Waals surface area contributed by atoms with Gasteiger partial charge < -0.3 is 20.1 Å². The van der Waals surface area contributed by atoms with E-state index >= 15 is 0 Å². The normalized spacial score (nSPS) is 11.5. The predicted molar refractivity (Wildman–Crippen MR) is 100 cm³/mol. The molecular weight excluding hydrogens is 316 g/mol. The molecule has 5 heteroatoms. The maximum atomic E-state index is 12.3. The highest BCUT2D eigenvalue weighted by Crippen LogP contribution is 2.26. The standard InChI is InChI=1S/C20H26N2O3/c1-4-5-11-25-19-13-17(12-18(14-19)24-3)22-20(23)21-15(2)16-9-7-6-8-10-16/h6-10,12-15H,4-5,11H2,1-3H3,(H2,21,22,23)/t15-/m0/s1. The van der Waals surface area contributed by atoms with Gasteiger partial charge in [0.1, 0.15) is 11.5 Å². The number of benzene rings is 2. The molecular formula is C20H26N2O3. The molecule has 2 N–H and O–H groups in total. The molecule has 0 aliphatic heterocycles. The Kier molecular flexibility index (Phi) is 7.14. The average Bonchev–Trinajstić information content (AvgIpc) is 2.62. The second-order valence-electron chi connectivity index (χ2n) is 5.83. The number of ether oxygens (including phenoxy) is 2. The molecule has 0 saturated heterocycles. The van der Waals surface area contributed by atoms with E-state index in [-0.39, 0.29) is 12.1 Å². The maximum absolute atomic E-state index is 12.3. The third kappa shape index (κ3) is 6.03. The van der Waals surface area contributed by atoms with Crippen LogP contribution >= 0.6 is 0 Å². The van der Waals surface area contributed by atoms with Gasteiger partial charge in [-0.3, -0.25) is 0 Å². The number of amides is 2. The molecule has 2 amide bonds. The predicted octanol–water partition coefficient (Wildman–Crippen LogP) is 4.76. The van der Waals surface area contributed by atoms with E-state index in [1.807, 2.05) is 43.3 Å². The van der Waals surface area contributed by atoms with Gasteiger partial charge in [-0.15, -0.1) is 0 Å². The van der Waals surface area contributed by atoms with Crippen molar-refractivity contribution in [3.05, 3.63) is 54.1 Å². The van der Waals surface area contributed by atoms with Crippen LogP contribution < -0.4 is 20.1 Å². The van der Waals surface area contributed by atoms with Gasteiger partial charge in [-0.05, 0) is 18.9 Å². The number of anilines is 1. The van der Waals surface area contributed by atoms with Crippen molar-refractivity contribution in [2.24, 2.45) is 0 Å². The molecule has 0 heterocycles. The van der Waals surface area contributed by atoms with Crippen LogP contribution in [0.4, 0.5) is 10.5 Å². The van der Waals surface area contributed by atoms with Crippen molar-refractivity contribution >= 4 is 11.7 Å². The Bertz CT molecular complexity index is 674. The molecule has 0 bridgehead atoms. The number of nitrogens with one attached hydrogen (secondary N) is 2. The molecule has 2 aromatic carbocycles. The van der Waals surface area contributed by atoms with Crippen LogP contribution in [-0.4, -0.2) is 19.7 Å². The Hall–Kier alpha value is -2.69. The summed E-state index contributed by atoms with van der Waals surface area (Å²) in [7, 11) is 1.59. The number of unbranched alkanes of at least 4 members (excludes halogenated alkanes) is 1. The van der Waals surface area contributed by atoms with Gasteiger partial charge in [0, 0.05) is 23.9 Å². The lowest BCUT2D eigenvalue weighted by Crippen LogP contribution is -2.31.